The van der Waals surface area contributed by atoms with Crippen LogP contribution in [0, 0.1) is 0 Å². The Morgan fingerprint density at radius 2 is 1.67 bits per heavy atom. The summed E-state index contributed by atoms with van der Waals surface area (Å²) in [5.74, 6) is 0. The van der Waals surface area contributed by atoms with E-state index in [-0.39, 0.29) is 0 Å². The Kier molecular flexibility index (Phi) is 1.07. The van der Waals surface area contributed by atoms with Crippen molar-refractivity contribution >= 4 is 0 Å². The first kappa shape index (κ1) is 4.09. The fourth-order valence-electron chi connectivity index (χ4n) is 0.309. The maximum atomic E-state index is 2.03. The molecule has 0 unspecified atom stereocenters. The molecule has 0 bridgehead atoms. The number of nitrogens with zero attached hydrogens (tertiary/aromatic N) is 1. The molecule has 0 atom stereocenters. The van der Waals surface area contributed by atoms with Gasteiger partial charge in [-0.05, 0) is 0 Å². The van der Waals surface area contributed by atoms with E-state index in [0.29, 0.717) is 0 Å². The predicted octanol–water partition coefficient (Wildman–Crippen LogP) is 0.798. The van der Waals surface area contributed by atoms with Crippen LogP contribution in [0.5, 0.6) is 0 Å². The molecule has 0 spiro atoms. The Morgan fingerprint density at radius 3 is 1.83 bits per heavy atom. The molecule has 6 heavy (non-hydrogen) atoms. The number of aromatic nitrogens is 1. The number of rotatable bonds is 0. The first-order valence-corrected chi connectivity index (χ1v) is 2.81. The van der Waals surface area contributed by atoms with Crippen LogP contribution in [0.25, 0.3) is 0 Å². The average molecular weight is 256 g/mol. The van der Waals surface area contributed by atoms with E-state index in [9.17, 15) is 0 Å². The molecule has 0 N–H and O–H groups in total. The summed E-state index contributed by atoms with van der Waals surface area (Å²) in [5, 5.41) is 0. The van der Waals surface area contributed by atoms with E-state index < -0.39 is 0 Å². The van der Waals surface area contributed by atoms with Crippen LogP contribution < -0.4 is 0 Å². The second-order valence-electron chi connectivity index (χ2n) is 1.01. The molecular formula is C4H4NOs. The van der Waals surface area contributed by atoms with Crippen LogP contribution in [0.3, 0.4) is 0 Å². The van der Waals surface area contributed by atoms with E-state index in [1.165, 1.54) is 0 Å². The van der Waals surface area contributed by atoms with Crippen molar-refractivity contribution in [3.05, 3.63) is 24.5 Å². The van der Waals surface area contributed by atoms with Crippen LogP contribution in [-0.2, 0) is 18.8 Å². The van der Waals surface area contributed by atoms with Gasteiger partial charge in [-0.1, -0.05) is 0 Å². The Bertz CT molecular complexity index is 111. The van der Waals surface area contributed by atoms with Crippen molar-refractivity contribution in [2.24, 2.45) is 0 Å². The van der Waals surface area contributed by atoms with Crippen LogP contribution in [-0.4, -0.2) is 3.27 Å². The Balaban J connectivity index is 3.05. The molecule has 0 fully saturated rings. The molecule has 1 heterocycles. The average Bonchev–Trinajstić information content (AvgIpc) is 1.86. The molecule has 1 aromatic heterocycles. The normalized spacial score (nSPS) is 8.83. The van der Waals surface area contributed by atoms with Gasteiger partial charge in [0, 0.05) is 0 Å². The molecule has 0 saturated carbocycles. The molecule has 1 nitrogen and oxygen atoms in total. The van der Waals surface area contributed by atoms with Crippen molar-refractivity contribution in [3.8, 4) is 0 Å². The topological polar surface area (TPSA) is 4.93 Å². The van der Waals surface area contributed by atoms with Crippen LogP contribution in [0.4, 0.5) is 0 Å². The van der Waals surface area contributed by atoms with E-state index in [0.717, 1.165) is 0 Å². The van der Waals surface area contributed by atoms with Crippen LogP contribution >= 0.6 is 0 Å². The SMILES string of the molecule is [Os][n]1cccc1. The standard InChI is InChI=1S/C4H4N.Os/c1-2-4-5-3-1;/h1-4H;/q-1;+1. The fraction of sp³-hybridized carbons (Fsp3) is 0. The van der Waals surface area contributed by atoms with Crippen LogP contribution in [0.15, 0.2) is 24.5 Å². The number of hydrogen-bond donors (Lipinski definition) is 0. The maximum absolute atomic E-state index is 2.03. The third kappa shape index (κ3) is 0.696. The summed E-state index contributed by atoms with van der Waals surface area (Å²) in [6.07, 6.45) is 4.02. The van der Waals surface area contributed by atoms with E-state index in [1.54, 1.807) is 0 Å². The molecule has 0 amide bonds. The van der Waals surface area contributed by atoms with E-state index in [1.807, 2.05) is 46.6 Å². The van der Waals surface area contributed by atoms with Crippen molar-refractivity contribution in [1.29, 1.82) is 0 Å². The zero-order chi connectivity index (χ0) is 4.41. The molecule has 33 valence electrons. The van der Waals surface area contributed by atoms with Gasteiger partial charge < -0.3 is 0 Å². The zero-order valence-corrected chi connectivity index (χ0v) is 5.65. The molecule has 1 aromatic rings. The fourth-order valence-corrected chi connectivity index (χ4v) is 0.747. The van der Waals surface area contributed by atoms with Gasteiger partial charge in [0.1, 0.15) is 0 Å². The molecule has 0 aliphatic carbocycles. The molecule has 0 aliphatic heterocycles. The molecule has 0 aromatic carbocycles. The summed E-state index contributed by atoms with van der Waals surface area (Å²) in [7, 11) is 0. The third-order valence-corrected chi connectivity index (χ3v) is 1.32. The summed E-state index contributed by atoms with van der Waals surface area (Å²) in [6.45, 7) is 0. The Labute approximate surface area is 47.2 Å². The summed E-state index contributed by atoms with van der Waals surface area (Å²) >= 11 is 1.82. The quantitative estimate of drug-likeness (QED) is 0.647. The van der Waals surface area contributed by atoms with Gasteiger partial charge in [-0.3, -0.25) is 0 Å². The molecule has 0 aliphatic rings. The van der Waals surface area contributed by atoms with Gasteiger partial charge in [0.05, 0.1) is 0 Å². The van der Waals surface area contributed by atoms with E-state index in [2.05, 4.69) is 0 Å². The molecule has 0 radical (unpaired) electrons. The number of hydrogen-bond acceptors (Lipinski definition) is 0. The molecule has 1 rings (SSSR count). The zero-order valence-electron chi connectivity index (χ0n) is 3.11. The van der Waals surface area contributed by atoms with E-state index in [4.69, 9.17) is 0 Å². The summed E-state index contributed by atoms with van der Waals surface area (Å²) in [6, 6.07) is 4.01. The van der Waals surface area contributed by atoms with Crippen LogP contribution in [0.2, 0.25) is 0 Å². The van der Waals surface area contributed by atoms with Crippen molar-refractivity contribution in [1.82, 2.24) is 3.27 Å². The van der Waals surface area contributed by atoms with Crippen molar-refractivity contribution in [3.63, 3.8) is 0 Å². The Hall–Kier alpha value is -0.0836. The van der Waals surface area contributed by atoms with Gasteiger partial charge in [-0.15, -0.1) is 0 Å². The van der Waals surface area contributed by atoms with Gasteiger partial charge in [0.15, 0.2) is 0 Å². The van der Waals surface area contributed by atoms with Gasteiger partial charge in [0.25, 0.3) is 0 Å². The van der Waals surface area contributed by atoms with Gasteiger partial charge in [0.2, 0.25) is 0 Å². The van der Waals surface area contributed by atoms with Gasteiger partial charge >= 0.3 is 46.6 Å². The molecular weight excluding hydrogens is 252 g/mol. The van der Waals surface area contributed by atoms with Crippen molar-refractivity contribution in [2.75, 3.05) is 0 Å². The monoisotopic (exact) mass is 258 g/mol. The van der Waals surface area contributed by atoms with Gasteiger partial charge in [-0.25, -0.2) is 0 Å². The minimum atomic E-state index is 1.82. The third-order valence-electron chi connectivity index (χ3n) is 0.561. The molecule has 0 saturated heterocycles. The first-order chi connectivity index (χ1) is 2.89. The van der Waals surface area contributed by atoms with Crippen LogP contribution in [0.1, 0.15) is 0 Å². The predicted molar refractivity (Wildman–Crippen MR) is 19.8 cm³/mol. The van der Waals surface area contributed by atoms with Crippen molar-refractivity contribution in [2.45, 2.75) is 0 Å². The summed E-state index contributed by atoms with van der Waals surface area (Å²) in [4.78, 5) is 0. The summed E-state index contributed by atoms with van der Waals surface area (Å²) in [5.41, 5.74) is 0. The Morgan fingerprint density at radius 1 is 1.17 bits per heavy atom. The van der Waals surface area contributed by atoms with Crippen molar-refractivity contribution < 1.29 is 18.8 Å². The first-order valence-electron chi connectivity index (χ1n) is 1.67. The van der Waals surface area contributed by atoms with E-state index >= 15 is 0 Å². The molecule has 2 heteroatoms. The van der Waals surface area contributed by atoms with Gasteiger partial charge in [-0.2, -0.15) is 0 Å². The second-order valence-corrected chi connectivity index (χ2v) is 2.33. The minimum absolute atomic E-state index is 1.82. The second kappa shape index (κ2) is 1.58. The summed E-state index contributed by atoms with van der Waals surface area (Å²) < 4.78 is 2.03.